The van der Waals surface area contributed by atoms with Crippen LogP contribution in [0.1, 0.15) is 38.7 Å². The van der Waals surface area contributed by atoms with Crippen molar-refractivity contribution in [2.75, 3.05) is 0 Å². The molecule has 0 bridgehead atoms. The number of hydrogen-bond donors (Lipinski definition) is 1. The van der Waals surface area contributed by atoms with Crippen molar-refractivity contribution in [1.29, 1.82) is 0 Å². The van der Waals surface area contributed by atoms with E-state index < -0.39 is 15.8 Å². The van der Waals surface area contributed by atoms with Crippen molar-refractivity contribution in [1.82, 2.24) is 4.31 Å². The smallest absolute Gasteiger partial charge is 0.246 e. The standard InChI is InChI=1S/C14H20BrFN2O2S/c1-9-4-3-5-10(2)18(9)21(19,20)13-7-12(15)6-11(8-17)14(13)16/h6-7,9-10H,3-5,8,17H2,1-2H3/t9-,10+. The van der Waals surface area contributed by atoms with Gasteiger partial charge in [-0.2, -0.15) is 4.31 Å². The van der Waals surface area contributed by atoms with Crippen molar-refractivity contribution in [3.8, 4) is 0 Å². The van der Waals surface area contributed by atoms with Gasteiger partial charge >= 0.3 is 0 Å². The fourth-order valence-corrected chi connectivity index (χ4v) is 5.62. The second kappa shape index (κ2) is 6.32. The van der Waals surface area contributed by atoms with Gasteiger partial charge in [0.25, 0.3) is 0 Å². The molecule has 2 atom stereocenters. The van der Waals surface area contributed by atoms with E-state index in [0.717, 1.165) is 19.3 Å². The third-order valence-corrected chi connectivity index (χ3v) is 6.55. The number of piperidine rings is 1. The molecule has 7 heteroatoms. The molecule has 0 saturated carbocycles. The minimum absolute atomic E-state index is 0.0428. The minimum Gasteiger partial charge on any atom is -0.326 e. The van der Waals surface area contributed by atoms with Gasteiger partial charge in [-0.1, -0.05) is 22.4 Å². The first-order valence-electron chi connectivity index (χ1n) is 7.00. The fourth-order valence-electron chi connectivity index (χ4n) is 2.94. The average molecular weight is 379 g/mol. The molecule has 1 aliphatic heterocycles. The van der Waals surface area contributed by atoms with E-state index in [4.69, 9.17) is 5.73 Å². The predicted octanol–water partition coefficient (Wildman–Crippen LogP) is 3.00. The Morgan fingerprint density at radius 2 is 1.90 bits per heavy atom. The molecule has 2 N–H and O–H groups in total. The first-order chi connectivity index (χ1) is 9.78. The number of sulfonamides is 1. The van der Waals surface area contributed by atoms with Crippen LogP contribution in [0.4, 0.5) is 4.39 Å². The van der Waals surface area contributed by atoms with Crippen molar-refractivity contribution < 1.29 is 12.8 Å². The van der Waals surface area contributed by atoms with Gasteiger partial charge in [0.1, 0.15) is 10.7 Å². The highest BCUT2D eigenvalue weighted by Crippen LogP contribution is 2.32. The minimum atomic E-state index is -3.87. The molecule has 0 aliphatic carbocycles. The zero-order valence-electron chi connectivity index (χ0n) is 12.1. The maximum atomic E-state index is 14.5. The van der Waals surface area contributed by atoms with Crippen molar-refractivity contribution in [2.45, 2.75) is 56.6 Å². The number of halogens is 2. The summed E-state index contributed by atoms with van der Waals surface area (Å²) in [6, 6.07) is 2.58. The molecule has 1 aromatic carbocycles. The zero-order chi connectivity index (χ0) is 15.8. The molecule has 0 aromatic heterocycles. The van der Waals surface area contributed by atoms with E-state index in [1.54, 1.807) is 0 Å². The molecule has 21 heavy (non-hydrogen) atoms. The van der Waals surface area contributed by atoms with Crippen molar-refractivity contribution in [2.24, 2.45) is 5.73 Å². The van der Waals surface area contributed by atoms with Crippen LogP contribution in [0.5, 0.6) is 0 Å². The zero-order valence-corrected chi connectivity index (χ0v) is 14.5. The first kappa shape index (κ1) is 16.9. The lowest BCUT2D eigenvalue weighted by Crippen LogP contribution is -2.47. The van der Waals surface area contributed by atoms with Crippen LogP contribution in [-0.2, 0) is 16.6 Å². The second-order valence-electron chi connectivity index (χ2n) is 5.55. The molecular formula is C14H20BrFN2O2S. The SMILES string of the molecule is C[C@@H]1CCC[C@H](C)N1S(=O)(=O)c1cc(Br)cc(CN)c1F. The van der Waals surface area contributed by atoms with Gasteiger partial charge in [0, 0.05) is 28.7 Å². The maximum Gasteiger partial charge on any atom is 0.246 e. The van der Waals surface area contributed by atoms with Gasteiger partial charge in [0.05, 0.1) is 0 Å². The Hall–Kier alpha value is -0.500. The van der Waals surface area contributed by atoms with E-state index >= 15 is 0 Å². The topological polar surface area (TPSA) is 63.4 Å². The van der Waals surface area contributed by atoms with Crippen molar-refractivity contribution >= 4 is 26.0 Å². The maximum absolute atomic E-state index is 14.5. The van der Waals surface area contributed by atoms with E-state index in [1.165, 1.54) is 16.4 Å². The Bertz CT molecular complexity index is 626. The van der Waals surface area contributed by atoms with Gasteiger partial charge in [-0.25, -0.2) is 12.8 Å². The molecule has 118 valence electrons. The van der Waals surface area contributed by atoms with Crippen molar-refractivity contribution in [3.05, 3.63) is 28.0 Å². The Balaban J connectivity index is 2.56. The molecule has 2 rings (SSSR count). The fraction of sp³-hybridized carbons (Fsp3) is 0.571. The van der Waals surface area contributed by atoms with Gasteiger partial charge < -0.3 is 5.73 Å². The Kier molecular flexibility index (Phi) is 5.07. The third kappa shape index (κ3) is 3.16. The van der Waals surface area contributed by atoms with Crippen LogP contribution in [0.15, 0.2) is 21.5 Å². The number of hydrogen-bond acceptors (Lipinski definition) is 3. The lowest BCUT2D eigenvalue weighted by Gasteiger charge is -2.37. The largest absolute Gasteiger partial charge is 0.326 e. The molecule has 0 spiro atoms. The van der Waals surface area contributed by atoms with Crippen LogP contribution in [0.25, 0.3) is 0 Å². The van der Waals surface area contributed by atoms with Gasteiger partial charge in [0.2, 0.25) is 10.0 Å². The summed E-state index contributed by atoms with van der Waals surface area (Å²) in [6.45, 7) is 3.69. The molecule has 4 nitrogen and oxygen atoms in total. The van der Waals surface area contributed by atoms with Crippen LogP contribution in [0, 0.1) is 5.82 Å². The third-order valence-electron chi connectivity index (χ3n) is 3.97. The summed E-state index contributed by atoms with van der Waals surface area (Å²) in [5.41, 5.74) is 5.69. The highest BCUT2D eigenvalue weighted by Gasteiger charge is 2.37. The lowest BCUT2D eigenvalue weighted by molar-refractivity contribution is 0.203. The molecule has 1 fully saturated rings. The van der Waals surface area contributed by atoms with Crippen LogP contribution in [-0.4, -0.2) is 24.8 Å². The molecule has 0 amide bonds. The van der Waals surface area contributed by atoms with Crippen LogP contribution >= 0.6 is 15.9 Å². The molecule has 1 heterocycles. The number of nitrogens with two attached hydrogens (primary N) is 1. The van der Waals surface area contributed by atoms with Gasteiger partial charge in [-0.05, 0) is 38.8 Å². The first-order valence-corrected chi connectivity index (χ1v) is 9.24. The van der Waals surface area contributed by atoms with E-state index in [0.29, 0.717) is 4.47 Å². The second-order valence-corrected chi connectivity index (χ2v) is 8.27. The summed E-state index contributed by atoms with van der Waals surface area (Å²) in [7, 11) is -3.87. The molecule has 0 unspecified atom stereocenters. The Morgan fingerprint density at radius 3 is 2.43 bits per heavy atom. The summed E-state index contributed by atoms with van der Waals surface area (Å²) in [4.78, 5) is -0.294. The average Bonchev–Trinajstić information content (AvgIpc) is 2.40. The predicted molar refractivity (Wildman–Crippen MR) is 83.8 cm³/mol. The summed E-state index contributed by atoms with van der Waals surface area (Å²) < 4.78 is 42.1. The van der Waals surface area contributed by atoms with Gasteiger partial charge in [-0.3, -0.25) is 0 Å². The van der Waals surface area contributed by atoms with E-state index in [-0.39, 0.29) is 29.1 Å². The van der Waals surface area contributed by atoms with Crippen LogP contribution < -0.4 is 5.73 Å². The number of nitrogens with zero attached hydrogens (tertiary/aromatic N) is 1. The quantitative estimate of drug-likeness (QED) is 0.878. The van der Waals surface area contributed by atoms with Crippen molar-refractivity contribution in [3.63, 3.8) is 0 Å². The Morgan fingerprint density at radius 1 is 1.33 bits per heavy atom. The van der Waals surface area contributed by atoms with E-state index in [2.05, 4.69) is 15.9 Å². The van der Waals surface area contributed by atoms with Gasteiger partial charge in [0.15, 0.2) is 0 Å². The Labute approximate surface area is 133 Å². The summed E-state index contributed by atoms with van der Waals surface area (Å²) >= 11 is 3.23. The summed E-state index contributed by atoms with van der Waals surface area (Å²) in [5.74, 6) is -0.745. The molecule has 1 saturated heterocycles. The van der Waals surface area contributed by atoms with Gasteiger partial charge in [-0.15, -0.1) is 0 Å². The van der Waals surface area contributed by atoms with E-state index in [9.17, 15) is 12.8 Å². The molecular weight excluding hydrogens is 359 g/mol. The molecule has 1 aliphatic rings. The van der Waals surface area contributed by atoms with E-state index in [1.807, 2.05) is 13.8 Å². The monoisotopic (exact) mass is 378 g/mol. The molecule has 1 aromatic rings. The van der Waals surface area contributed by atoms with Crippen LogP contribution in [0.2, 0.25) is 0 Å². The molecule has 0 radical (unpaired) electrons. The lowest BCUT2D eigenvalue weighted by atomic mass is 10.0. The normalized spacial score (nSPS) is 24.2. The van der Waals surface area contributed by atoms with Crippen LogP contribution in [0.3, 0.4) is 0 Å². The highest BCUT2D eigenvalue weighted by atomic mass is 79.9. The summed E-state index contributed by atoms with van der Waals surface area (Å²) in [6.07, 6.45) is 2.58. The number of rotatable bonds is 3. The summed E-state index contributed by atoms with van der Waals surface area (Å²) in [5, 5.41) is 0. The highest BCUT2D eigenvalue weighted by molar-refractivity contribution is 9.10. The number of benzene rings is 1.